The quantitative estimate of drug-likeness (QED) is 0.815. The summed E-state index contributed by atoms with van der Waals surface area (Å²) >= 11 is 0. The minimum absolute atomic E-state index is 0.0382. The number of ether oxygens (including phenoxy) is 2. The van der Waals surface area contributed by atoms with Crippen LogP contribution in [0.4, 0.5) is 0 Å². The standard InChI is InChI=1S/C19H19NO3/c1-20(14-16-5-3-2-4-6-16)19(21)10-8-15-7-9-17-18(13-15)23-12-11-22-17/h2-10,13H,11-12,14H2,1H3/b10-8+. The normalized spacial score (nSPS) is 13.1. The Morgan fingerprint density at radius 2 is 1.83 bits per heavy atom. The average Bonchev–Trinajstić information content (AvgIpc) is 2.60. The lowest BCUT2D eigenvalue weighted by Crippen LogP contribution is -2.24. The Balaban J connectivity index is 1.63. The summed E-state index contributed by atoms with van der Waals surface area (Å²) in [5.74, 6) is 1.44. The molecule has 0 spiro atoms. The number of nitrogens with zero attached hydrogens (tertiary/aromatic N) is 1. The molecule has 0 atom stereocenters. The smallest absolute Gasteiger partial charge is 0.246 e. The molecule has 4 nitrogen and oxygen atoms in total. The molecule has 0 saturated carbocycles. The van der Waals surface area contributed by atoms with Gasteiger partial charge in [-0.25, -0.2) is 0 Å². The third kappa shape index (κ3) is 3.92. The minimum Gasteiger partial charge on any atom is -0.486 e. The van der Waals surface area contributed by atoms with Crippen LogP contribution < -0.4 is 9.47 Å². The molecule has 2 aromatic carbocycles. The predicted octanol–water partition coefficient (Wildman–Crippen LogP) is 3.13. The van der Waals surface area contributed by atoms with Crippen LogP contribution in [0.2, 0.25) is 0 Å². The van der Waals surface area contributed by atoms with Crippen LogP contribution in [0.15, 0.2) is 54.6 Å². The second-order valence-electron chi connectivity index (χ2n) is 5.42. The van der Waals surface area contributed by atoms with Gasteiger partial charge >= 0.3 is 0 Å². The first-order chi connectivity index (χ1) is 11.2. The second kappa shape index (κ2) is 7.01. The number of fused-ring (bicyclic) bond motifs is 1. The third-order valence-electron chi connectivity index (χ3n) is 3.62. The van der Waals surface area contributed by atoms with E-state index in [4.69, 9.17) is 9.47 Å². The molecule has 0 aromatic heterocycles. The van der Waals surface area contributed by atoms with Crippen LogP contribution in [-0.2, 0) is 11.3 Å². The van der Waals surface area contributed by atoms with E-state index in [0.717, 1.165) is 22.6 Å². The molecule has 1 aliphatic rings. The van der Waals surface area contributed by atoms with Gasteiger partial charge in [0.25, 0.3) is 0 Å². The van der Waals surface area contributed by atoms with Crippen molar-refractivity contribution >= 4 is 12.0 Å². The molecule has 4 heteroatoms. The Hall–Kier alpha value is -2.75. The van der Waals surface area contributed by atoms with Crippen LogP contribution in [0.5, 0.6) is 11.5 Å². The molecule has 2 aromatic rings. The molecule has 0 unspecified atom stereocenters. The summed E-state index contributed by atoms with van der Waals surface area (Å²) < 4.78 is 11.0. The Labute approximate surface area is 135 Å². The van der Waals surface area contributed by atoms with Crippen molar-refractivity contribution < 1.29 is 14.3 Å². The van der Waals surface area contributed by atoms with Gasteiger partial charge in [0.15, 0.2) is 11.5 Å². The first kappa shape index (κ1) is 15.2. The van der Waals surface area contributed by atoms with Gasteiger partial charge in [0.05, 0.1) is 0 Å². The number of hydrogen-bond acceptors (Lipinski definition) is 3. The Bertz CT molecular complexity index is 710. The van der Waals surface area contributed by atoms with E-state index in [1.807, 2.05) is 48.5 Å². The van der Waals surface area contributed by atoms with Gasteiger partial charge in [-0.15, -0.1) is 0 Å². The Morgan fingerprint density at radius 3 is 2.61 bits per heavy atom. The monoisotopic (exact) mass is 309 g/mol. The molecule has 0 bridgehead atoms. The number of rotatable bonds is 4. The highest BCUT2D eigenvalue weighted by Crippen LogP contribution is 2.31. The lowest BCUT2D eigenvalue weighted by molar-refractivity contribution is -0.125. The molecular formula is C19H19NO3. The zero-order valence-electron chi connectivity index (χ0n) is 13.1. The van der Waals surface area contributed by atoms with Gasteiger partial charge in [-0.05, 0) is 29.3 Å². The molecule has 23 heavy (non-hydrogen) atoms. The van der Waals surface area contributed by atoms with Crippen LogP contribution in [0.3, 0.4) is 0 Å². The third-order valence-corrected chi connectivity index (χ3v) is 3.62. The first-order valence-corrected chi connectivity index (χ1v) is 7.59. The van der Waals surface area contributed by atoms with E-state index in [0.29, 0.717) is 19.8 Å². The summed E-state index contributed by atoms with van der Waals surface area (Å²) in [5.41, 5.74) is 2.02. The maximum Gasteiger partial charge on any atom is 0.246 e. The van der Waals surface area contributed by atoms with Crippen LogP contribution in [0, 0.1) is 0 Å². The van der Waals surface area contributed by atoms with Crippen molar-refractivity contribution in [1.29, 1.82) is 0 Å². The highest BCUT2D eigenvalue weighted by molar-refractivity contribution is 5.91. The van der Waals surface area contributed by atoms with Crippen molar-refractivity contribution in [3.8, 4) is 11.5 Å². The molecule has 1 heterocycles. The summed E-state index contributed by atoms with van der Waals surface area (Å²) in [7, 11) is 1.80. The summed E-state index contributed by atoms with van der Waals surface area (Å²) in [6, 6.07) is 15.6. The van der Waals surface area contributed by atoms with E-state index >= 15 is 0 Å². The van der Waals surface area contributed by atoms with Gasteiger partial charge in [-0.1, -0.05) is 36.4 Å². The number of benzene rings is 2. The molecule has 1 amide bonds. The van der Waals surface area contributed by atoms with Gasteiger partial charge < -0.3 is 14.4 Å². The van der Waals surface area contributed by atoms with E-state index in [1.165, 1.54) is 0 Å². The molecule has 0 fully saturated rings. The molecule has 3 rings (SSSR count). The van der Waals surface area contributed by atoms with E-state index in [1.54, 1.807) is 24.1 Å². The van der Waals surface area contributed by atoms with Crippen molar-refractivity contribution in [2.75, 3.05) is 20.3 Å². The number of amides is 1. The average molecular weight is 309 g/mol. The van der Waals surface area contributed by atoms with E-state index < -0.39 is 0 Å². The lowest BCUT2D eigenvalue weighted by atomic mass is 10.1. The SMILES string of the molecule is CN(Cc1ccccc1)C(=O)/C=C/c1ccc2c(c1)OCCO2. The zero-order chi connectivity index (χ0) is 16.1. The van der Waals surface area contributed by atoms with Crippen molar-refractivity contribution in [2.45, 2.75) is 6.54 Å². The van der Waals surface area contributed by atoms with Crippen molar-refractivity contribution in [2.24, 2.45) is 0 Å². The summed E-state index contributed by atoms with van der Waals surface area (Å²) in [4.78, 5) is 13.9. The zero-order valence-corrected chi connectivity index (χ0v) is 13.1. The maximum atomic E-state index is 12.2. The largest absolute Gasteiger partial charge is 0.486 e. The molecule has 118 valence electrons. The highest BCUT2D eigenvalue weighted by Gasteiger charge is 2.11. The van der Waals surface area contributed by atoms with Gasteiger partial charge in [-0.3, -0.25) is 4.79 Å². The van der Waals surface area contributed by atoms with Crippen molar-refractivity contribution in [1.82, 2.24) is 4.90 Å². The summed E-state index contributed by atoms with van der Waals surface area (Å²) in [6.45, 7) is 1.72. The van der Waals surface area contributed by atoms with E-state index in [9.17, 15) is 4.79 Å². The summed E-state index contributed by atoms with van der Waals surface area (Å²) in [6.07, 6.45) is 3.37. The topological polar surface area (TPSA) is 38.8 Å². The van der Waals surface area contributed by atoms with Gasteiger partial charge in [-0.2, -0.15) is 0 Å². The first-order valence-electron chi connectivity index (χ1n) is 7.59. The predicted molar refractivity (Wildman–Crippen MR) is 89.4 cm³/mol. The van der Waals surface area contributed by atoms with Crippen molar-refractivity contribution in [3.05, 3.63) is 65.7 Å². The Morgan fingerprint density at radius 1 is 1.09 bits per heavy atom. The fourth-order valence-corrected chi connectivity index (χ4v) is 2.39. The maximum absolute atomic E-state index is 12.2. The van der Waals surface area contributed by atoms with Crippen molar-refractivity contribution in [3.63, 3.8) is 0 Å². The summed E-state index contributed by atoms with van der Waals surface area (Å²) in [5, 5.41) is 0. The lowest BCUT2D eigenvalue weighted by Gasteiger charge is -2.18. The molecule has 1 aliphatic heterocycles. The number of hydrogen-bond donors (Lipinski definition) is 0. The van der Waals surface area contributed by atoms with E-state index in [-0.39, 0.29) is 5.91 Å². The minimum atomic E-state index is -0.0382. The highest BCUT2D eigenvalue weighted by atomic mass is 16.6. The van der Waals surface area contributed by atoms with Gasteiger partial charge in [0, 0.05) is 19.7 Å². The number of carbonyl (C=O) groups excluding carboxylic acids is 1. The Kier molecular flexibility index (Phi) is 4.62. The molecule has 0 aliphatic carbocycles. The fraction of sp³-hybridized carbons (Fsp3) is 0.211. The van der Waals surface area contributed by atoms with Crippen LogP contribution in [0.25, 0.3) is 6.08 Å². The molecule has 0 N–H and O–H groups in total. The van der Waals surface area contributed by atoms with Crippen LogP contribution in [0.1, 0.15) is 11.1 Å². The number of carbonyl (C=O) groups is 1. The molecule has 0 radical (unpaired) electrons. The van der Waals surface area contributed by atoms with Crippen LogP contribution >= 0.6 is 0 Å². The molecular weight excluding hydrogens is 290 g/mol. The van der Waals surface area contributed by atoms with Gasteiger partial charge in [0.2, 0.25) is 5.91 Å². The second-order valence-corrected chi connectivity index (χ2v) is 5.42. The van der Waals surface area contributed by atoms with Crippen LogP contribution in [-0.4, -0.2) is 31.1 Å². The van der Waals surface area contributed by atoms with E-state index in [2.05, 4.69) is 0 Å². The number of likely N-dealkylation sites (N-methyl/N-ethyl adjacent to an activating group) is 1. The molecule has 0 saturated heterocycles. The fourth-order valence-electron chi connectivity index (χ4n) is 2.39. The van der Waals surface area contributed by atoms with Gasteiger partial charge in [0.1, 0.15) is 13.2 Å².